The first-order valence-electron chi connectivity index (χ1n) is 8.06. The number of nitrogens with one attached hydrogen (secondary N) is 1. The van der Waals surface area contributed by atoms with Crippen LogP contribution in [0.5, 0.6) is 0 Å². The Morgan fingerprint density at radius 3 is 2.32 bits per heavy atom. The van der Waals surface area contributed by atoms with E-state index >= 15 is 0 Å². The lowest BCUT2D eigenvalue weighted by molar-refractivity contribution is -0.138. The molecule has 1 aromatic carbocycles. The van der Waals surface area contributed by atoms with Crippen LogP contribution in [0, 0.1) is 0 Å². The molecule has 1 N–H and O–H groups in total. The standard InChI is InChI=1S/C17H21N3O5/c1-3-25-17(24)19(2)13-6-4-12(5-7-13)18-14(21)10-11-20-15(22)8-9-16(20)23/h4-7H,3,8-11H2,1-2H3,(H,18,21). The smallest absolute Gasteiger partial charge is 0.413 e. The van der Waals surface area contributed by atoms with Gasteiger partial charge in [-0.05, 0) is 31.2 Å². The molecule has 0 unspecified atom stereocenters. The van der Waals surface area contributed by atoms with E-state index in [0.29, 0.717) is 18.0 Å². The van der Waals surface area contributed by atoms with Crippen LogP contribution in [0.15, 0.2) is 24.3 Å². The topological polar surface area (TPSA) is 96.0 Å². The molecule has 1 aromatic rings. The molecule has 0 atom stereocenters. The van der Waals surface area contributed by atoms with Crippen molar-refractivity contribution in [1.82, 2.24) is 4.90 Å². The summed E-state index contributed by atoms with van der Waals surface area (Å²) in [6.45, 7) is 2.11. The van der Waals surface area contributed by atoms with Gasteiger partial charge in [-0.3, -0.25) is 24.2 Å². The molecule has 1 aliphatic rings. The van der Waals surface area contributed by atoms with E-state index in [2.05, 4.69) is 5.32 Å². The molecule has 1 saturated heterocycles. The second-order valence-corrected chi connectivity index (χ2v) is 5.54. The summed E-state index contributed by atoms with van der Waals surface area (Å²) in [5.74, 6) is -0.757. The summed E-state index contributed by atoms with van der Waals surface area (Å²) >= 11 is 0. The molecule has 0 bridgehead atoms. The number of ether oxygens (including phenoxy) is 1. The summed E-state index contributed by atoms with van der Waals surface area (Å²) in [4.78, 5) is 49.1. The number of hydrogen-bond donors (Lipinski definition) is 1. The van der Waals surface area contributed by atoms with Crippen LogP contribution in [-0.2, 0) is 19.1 Å². The Hall–Kier alpha value is -2.90. The van der Waals surface area contributed by atoms with E-state index in [-0.39, 0.29) is 43.5 Å². The van der Waals surface area contributed by atoms with Gasteiger partial charge >= 0.3 is 6.09 Å². The summed E-state index contributed by atoms with van der Waals surface area (Å²) in [5, 5.41) is 2.69. The van der Waals surface area contributed by atoms with Gasteiger partial charge in [-0.25, -0.2) is 4.79 Å². The molecule has 2 rings (SSSR count). The molecule has 134 valence electrons. The molecular weight excluding hydrogens is 326 g/mol. The van der Waals surface area contributed by atoms with Crippen LogP contribution in [0.1, 0.15) is 26.2 Å². The van der Waals surface area contributed by atoms with E-state index < -0.39 is 6.09 Å². The van der Waals surface area contributed by atoms with Crippen molar-refractivity contribution in [2.45, 2.75) is 26.2 Å². The number of carbonyl (C=O) groups excluding carboxylic acids is 4. The Morgan fingerprint density at radius 1 is 1.16 bits per heavy atom. The average molecular weight is 347 g/mol. The summed E-state index contributed by atoms with van der Waals surface area (Å²) in [5.41, 5.74) is 1.19. The third kappa shape index (κ3) is 4.79. The fourth-order valence-corrected chi connectivity index (χ4v) is 2.40. The highest BCUT2D eigenvalue weighted by atomic mass is 16.6. The van der Waals surface area contributed by atoms with Gasteiger partial charge in [0.2, 0.25) is 17.7 Å². The molecule has 0 saturated carbocycles. The second-order valence-electron chi connectivity index (χ2n) is 5.54. The predicted octanol–water partition coefficient (Wildman–Crippen LogP) is 1.76. The molecule has 4 amide bonds. The van der Waals surface area contributed by atoms with Crippen molar-refractivity contribution in [3.05, 3.63) is 24.3 Å². The number of amides is 4. The number of anilines is 2. The van der Waals surface area contributed by atoms with Crippen molar-refractivity contribution in [3.63, 3.8) is 0 Å². The van der Waals surface area contributed by atoms with Crippen LogP contribution in [0.2, 0.25) is 0 Å². The largest absolute Gasteiger partial charge is 0.449 e. The molecule has 8 nitrogen and oxygen atoms in total. The van der Waals surface area contributed by atoms with Gasteiger partial charge in [0, 0.05) is 44.2 Å². The summed E-state index contributed by atoms with van der Waals surface area (Å²) in [6, 6.07) is 6.68. The third-order valence-electron chi connectivity index (χ3n) is 3.80. The van der Waals surface area contributed by atoms with Crippen molar-refractivity contribution in [2.75, 3.05) is 30.4 Å². The van der Waals surface area contributed by atoms with Gasteiger partial charge in [-0.1, -0.05) is 0 Å². The maximum Gasteiger partial charge on any atom is 0.413 e. The first kappa shape index (κ1) is 18.4. The number of benzene rings is 1. The number of likely N-dealkylation sites (tertiary alicyclic amines) is 1. The lowest BCUT2D eigenvalue weighted by Crippen LogP contribution is -2.32. The SMILES string of the molecule is CCOC(=O)N(C)c1ccc(NC(=O)CCN2C(=O)CCC2=O)cc1. The van der Waals surface area contributed by atoms with E-state index in [9.17, 15) is 19.2 Å². The van der Waals surface area contributed by atoms with E-state index in [0.717, 1.165) is 4.90 Å². The zero-order chi connectivity index (χ0) is 18.4. The minimum atomic E-state index is -0.459. The van der Waals surface area contributed by atoms with Crippen molar-refractivity contribution in [1.29, 1.82) is 0 Å². The molecule has 25 heavy (non-hydrogen) atoms. The Morgan fingerprint density at radius 2 is 1.76 bits per heavy atom. The van der Waals surface area contributed by atoms with Crippen molar-refractivity contribution in [3.8, 4) is 0 Å². The summed E-state index contributed by atoms with van der Waals surface area (Å²) in [6.07, 6.45) is 0.0209. The lowest BCUT2D eigenvalue weighted by Gasteiger charge is -2.17. The van der Waals surface area contributed by atoms with Crippen molar-refractivity contribution < 1.29 is 23.9 Å². The van der Waals surface area contributed by atoms with Crippen LogP contribution >= 0.6 is 0 Å². The van der Waals surface area contributed by atoms with Crippen LogP contribution in [-0.4, -0.2) is 48.9 Å². The van der Waals surface area contributed by atoms with Crippen LogP contribution < -0.4 is 10.2 Å². The highest BCUT2D eigenvalue weighted by molar-refractivity contribution is 6.02. The highest BCUT2D eigenvalue weighted by Gasteiger charge is 2.28. The Kier molecular flexibility index (Phi) is 6.10. The van der Waals surface area contributed by atoms with Gasteiger partial charge in [-0.15, -0.1) is 0 Å². The van der Waals surface area contributed by atoms with Crippen molar-refractivity contribution >= 4 is 35.2 Å². The molecule has 1 heterocycles. The Balaban J connectivity index is 1.86. The summed E-state index contributed by atoms with van der Waals surface area (Å²) in [7, 11) is 1.59. The molecular formula is C17H21N3O5. The molecule has 0 aliphatic carbocycles. The number of carbonyl (C=O) groups is 4. The highest BCUT2D eigenvalue weighted by Crippen LogP contribution is 2.18. The molecule has 0 spiro atoms. The van der Waals surface area contributed by atoms with E-state index in [1.165, 1.54) is 4.90 Å². The lowest BCUT2D eigenvalue weighted by atomic mass is 10.2. The maximum atomic E-state index is 11.9. The van der Waals surface area contributed by atoms with Crippen molar-refractivity contribution in [2.24, 2.45) is 0 Å². The van der Waals surface area contributed by atoms with Gasteiger partial charge in [0.15, 0.2) is 0 Å². The van der Waals surface area contributed by atoms with E-state index in [1.54, 1.807) is 38.2 Å². The first-order valence-corrected chi connectivity index (χ1v) is 8.06. The summed E-state index contributed by atoms with van der Waals surface area (Å²) < 4.78 is 4.91. The first-order chi connectivity index (χ1) is 11.9. The zero-order valence-electron chi connectivity index (χ0n) is 14.3. The minimum Gasteiger partial charge on any atom is -0.449 e. The van der Waals surface area contributed by atoms with Crippen LogP contribution in [0.25, 0.3) is 0 Å². The van der Waals surface area contributed by atoms with Gasteiger partial charge in [-0.2, -0.15) is 0 Å². The normalized spacial score (nSPS) is 13.8. The van der Waals surface area contributed by atoms with Gasteiger partial charge < -0.3 is 10.1 Å². The van der Waals surface area contributed by atoms with E-state index in [4.69, 9.17) is 4.74 Å². The van der Waals surface area contributed by atoms with Crippen LogP contribution in [0.3, 0.4) is 0 Å². The Bertz CT molecular complexity index is 655. The quantitative estimate of drug-likeness (QED) is 0.791. The van der Waals surface area contributed by atoms with Gasteiger partial charge in [0.05, 0.1) is 6.61 Å². The molecule has 0 radical (unpaired) electrons. The maximum absolute atomic E-state index is 11.9. The average Bonchev–Trinajstić information content (AvgIpc) is 2.91. The fraction of sp³-hybridized carbons (Fsp3) is 0.412. The third-order valence-corrected chi connectivity index (χ3v) is 3.80. The predicted molar refractivity (Wildman–Crippen MR) is 91.1 cm³/mol. The second kappa shape index (κ2) is 8.27. The minimum absolute atomic E-state index is 0.0436. The molecule has 1 aliphatic heterocycles. The van der Waals surface area contributed by atoms with Gasteiger partial charge in [0.25, 0.3) is 0 Å². The van der Waals surface area contributed by atoms with E-state index in [1.807, 2.05) is 0 Å². The number of hydrogen-bond acceptors (Lipinski definition) is 5. The zero-order valence-corrected chi connectivity index (χ0v) is 14.3. The van der Waals surface area contributed by atoms with Crippen LogP contribution in [0.4, 0.5) is 16.2 Å². The Labute approximate surface area is 145 Å². The fourth-order valence-electron chi connectivity index (χ4n) is 2.40. The molecule has 8 heteroatoms. The molecule has 0 aromatic heterocycles. The molecule has 1 fully saturated rings. The number of rotatable bonds is 6. The van der Waals surface area contributed by atoms with Gasteiger partial charge in [0.1, 0.15) is 0 Å². The number of imide groups is 1. The number of nitrogens with zero attached hydrogens (tertiary/aromatic N) is 2. The monoisotopic (exact) mass is 347 g/mol.